The molecular weight excluding hydrogens is 318 g/mol. The van der Waals surface area contributed by atoms with E-state index < -0.39 is 0 Å². The van der Waals surface area contributed by atoms with Gasteiger partial charge in [0.15, 0.2) is 0 Å². The van der Waals surface area contributed by atoms with Crippen molar-refractivity contribution in [1.82, 2.24) is 10.3 Å². The third kappa shape index (κ3) is 6.73. The largest absolute Gasteiger partial charge is 0.463 e. The average molecular weight is 341 g/mol. The highest BCUT2D eigenvalue weighted by Gasteiger charge is 2.10. The molecule has 0 aliphatic rings. The normalized spacial score (nSPS) is 11.2. The highest BCUT2D eigenvalue weighted by molar-refractivity contribution is 6.04. The number of rotatable bonds is 7. The maximum Gasteiger partial charge on any atom is 0.292 e. The predicted octanol–water partition coefficient (Wildman–Crippen LogP) is 2.73. The third-order valence-electron chi connectivity index (χ3n) is 3.32. The maximum atomic E-state index is 12.3. The Labute approximate surface area is 147 Å². The summed E-state index contributed by atoms with van der Waals surface area (Å²) in [7, 11) is 0. The predicted molar refractivity (Wildman–Crippen MR) is 96.5 cm³/mol. The van der Waals surface area contributed by atoms with E-state index in [1.165, 1.54) is 0 Å². The number of aromatic nitrogens is 1. The lowest BCUT2D eigenvalue weighted by molar-refractivity contribution is 0.0922. The summed E-state index contributed by atoms with van der Waals surface area (Å²) >= 11 is 0. The molecule has 1 aromatic carbocycles. The van der Waals surface area contributed by atoms with Gasteiger partial charge in [-0.3, -0.25) is 15.1 Å². The van der Waals surface area contributed by atoms with Crippen LogP contribution in [0, 0.1) is 6.92 Å². The van der Waals surface area contributed by atoms with Crippen LogP contribution < -0.4 is 5.32 Å². The number of carbonyl (C=O) groups excluding carboxylic acids is 1. The molecule has 1 N–H and O–H groups in total. The fourth-order valence-corrected chi connectivity index (χ4v) is 1.98. The Balaban J connectivity index is 2.01. The molecular formula is C19H23N3O3. The summed E-state index contributed by atoms with van der Waals surface area (Å²) in [6.07, 6.45) is 1.70. The molecule has 1 amide bonds. The van der Waals surface area contributed by atoms with Gasteiger partial charge in [0.05, 0.1) is 18.8 Å². The van der Waals surface area contributed by atoms with Gasteiger partial charge in [-0.2, -0.15) is 0 Å². The number of hydrogen-bond donors (Lipinski definition) is 1. The van der Waals surface area contributed by atoms with E-state index in [1.54, 1.807) is 18.3 Å². The van der Waals surface area contributed by atoms with E-state index in [4.69, 9.17) is 9.47 Å². The number of hydrogen-bond acceptors (Lipinski definition) is 5. The van der Waals surface area contributed by atoms with E-state index in [2.05, 4.69) is 15.3 Å². The fourth-order valence-electron chi connectivity index (χ4n) is 1.98. The van der Waals surface area contributed by atoms with Crippen molar-refractivity contribution in [3.05, 3.63) is 65.5 Å². The molecule has 1 heterocycles. The molecule has 0 saturated carbocycles. The monoisotopic (exact) mass is 341 g/mol. The highest BCUT2D eigenvalue weighted by Crippen LogP contribution is 2.03. The van der Waals surface area contributed by atoms with Gasteiger partial charge in [0.25, 0.3) is 11.9 Å². The first kappa shape index (κ1) is 18.6. The molecule has 2 aromatic rings. The van der Waals surface area contributed by atoms with Crippen LogP contribution in [0.1, 0.15) is 28.5 Å². The Hall–Kier alpha value is -2.73. The van der Waals surface area contributed by atoms with Gasteiger partial charge in [-0.25, -0.2) is 4.99 Å². The molecule has 6 nitrogen and oxygen atoms in total. The van der Waals surface area contributed by atoms with Crippen LogP contribution in [0.15, 0.2) is 53.7 Å². The van der Waals surface area contributed by atoms with Gasteiger partial charge < -0.3 is 9.47 Å². The standard InChI is InChI=1S/C19H23N3O3/c1-3-24-12-13-25-19(21-14-17-6-4-5-11-20-17)22-18(23)16-9-7-15(2)8-10-16/h4-11H,3,12-14H2,1-2H3,(H,21,22,23). The number of nitrogens with one attached hydrogen (secondary N) is 1. The first-order chi connectivity index (χ1) is 12.2. The molecule has 0 bridgehead atoms. The molecule has 0 atom stereocenters. The minimum atomic E-state index is -0.267. The topological polar surface area (TPSA) is 72.8 Å². The van der Waals surface area contributed by atoms with Gasteiger partial charge in [-0.1, -0.05) is 23.8 Å². The number of nitrogens with zero attached hydrogens (tertiary/aromatic N) is 2. The molecule has 0 radical (unpaired) electrons. The van der Waals surface area contributed by atoms with Gasteiger partial charge in [0.1, 0.15) is 6.61 Å². The van der Waals surface area contributed by atoms with Crippen molar-refractivity contribution in [3.8, 4) is 0 Å². The second-order valence-electron chi connectivity index (χ2n) is 5.31. The van der Waals surface area contributed by atoms with Crippen LogP contribution in [0.25, 0.3) is 0 Å². The number of carbonyl (C=O) groups is 1. The fraction of sp³-hybridized carbons (Fsp3) is 0.316. The summed E-state index contributed by atoms with van der Waals surface area (Å²) in [4.78, 5) is 20.9. The SMILES string of the molecule is CCOCCOC(=NCc1ccccn1)NC(=O)c1ccc(C)cc1. The Morgan fingerprint density at radius 3 is 2.64 bits per heavy atom. The number of amidine groups is 1. The molecule has 2 rings (SSSR count). The molecule has 0 aliphatic carbocycles. The first-order valence-corrected chi connectivity index (χ1v) is 8.22. The number of benzene rings is 1. The van der Waals surface area contributed by atoms with Gasteiger partial charge >= 0.3 is 0 Å². The van der Waals surface area contributed by atoms with Gasteiger partial charge in [0.2, 0.25) is 0 Å². The Morgan fingerprint density at radius 2 is 1.96 bits per heavy atom. The van der Waals surface area contributed by atoms with Crippen molar-refractivity contribution >= 4 is 11.9 Å². The smallest absolute Gasteiger partial charge is 0.292 e. The van der Waals surface area contributed by atoms with E-state index >= 15 is 0 Å². The van der Waals surface area contributed by atoms with E-state index in [0.717, 1.165) is 11.3 Å². The van der Waals surface area contributed by atoms with Crippen LogP contribution in [-0.2, 0) is 16.0 Å². The summed E-state index contributed by atoms with van der Waals surface area (Å²) in [5.74, 6) is -0.267. The van der Waals surface area contributed by atoms with Crippen LogP contribution in [0.5, 0.6) is 0 Å². The minimum Gasteiger partial charge on any atom is -0.463 e. The zero-order chi connectivity index (χ0) is 17.9. The molecule has 0 aliphatic heterocycles. The maximum absolute atomic E-state index is 12.3. The van der Waals surface area contributed by atoms with Crippen molar-refractivity contribution in [1.29, 1.82) is 0 Å². The van der Waals surface area contributed by atoms with Crippen LogP contribution in [-0.4, -0.2) is 36.7 Å². The molecule has 6 heteroatoms. The molecule has 132 valence electrons. The lowest BCUT2D eigenvalue weighted by Crippen LogP contribution is -2.33. The van der Waals surface area contributed by atoms with Crippen molar-refractivity contribution in [2.24, 2.45) is 4.99 Å². The number of aliphatic imine (C=N–C) groups is 1. The highest BCUT2D eigenvalue weighted by atomic mass is 16.5. The van der Waals surface area contributed by atoms with Crippen LogP contribution in [0.2, 0.25) is 0 Å². The molecule has 0 unspecified atom stereocenters. The van der Waals surface area contributed by atoms with Crippen molar-refractivity contribution in [3.63, 3.8) is 0 Å². The molecule has 0 saturated heterocycles. The van der Waals surface area contributed by atoms with E-state index in [0.29, 0.717) is 31.9 Å². The molecule has 0 spiro atoms. The number of pyridine rings is 1. The van der Waals surface area contributed by atoms with Crippen molar-refractivity contribution < 1.29 is 14.3 Å². The van der Waals surface area contributed by atoms with E-state index in [1.807, 2.05) is 44.2 Å². The Bertz CT molecular complexity index is 685. The van der Waals surface area contributed by atoms with Crippen LogP contribution in [0.3, 0.4) is 0 Å². The van der Waals surface area contributed by atoms with Crippen LogP contribution >= 0.6 is 0 Å². The lowest BCUT2D eigenvalue weighted by atomic mass is 10.1. The number of ether oxygens (including phenoxy) is 2. The summed E-state index contributed by atoms with van der Waals surface area (Å²) in [6.45, 7) is 5.55. The zero-order valence-electron chi connectivity index (χ0n) is 14.6. The lowest BCUT2D eigenvalue weighted by Gasteiger charge is -2.11. The Morgan fingerprint density at radius 1 is 1.16 bits per heavy atom. The van der Waals surface area contributed by atoms with Crippen LogP contribution in [0.4, 0.5) is 0 Å². The summed E-state index contributed by atoms with van der Waals surface area (Å²) in [6, 6.07) is 13.1. The number of aryl methyl sites for hydroxylation is 1. The molecule has 0 fully saturated rings. The minimum absolute atomic E-state index is 0.163. The quantitative estimate of drug-likeness (QED) is 0.477. The third-order valence-corrected chi connectivity index (χ3v) is 3.32. The van der Waals surface area contributed by atoms with Gasteiger partial charge in [-0.15, -0.1) is 0 Å². The van der Waals surface area contributed by atoms with E-state index in [-0.39, 0.29) is 11.9 Å². The van der Waals surface area contributed by atoms with E-state index in [9.17, 15) is 4.79 Å². The average Bonchev–Trinajstić information content (AvgIpc) is 2.64. The van der Waals surface area contributed by atoms with Crippen molar-refractivity contribution in [2.45, 2.75) is 20.4 Å². The number of amides is 1. The molecule has 25 heavy (non-hydrogen) atoms. The van der Waals surface area contributed by atoms with Crippen molar-refractivity contribution in [2.75, 3.05) is 19.8 Å². The molecule has 1 aromatic heterocycles. The zero-order valence-corrected chi connectivity index (χ0v) is 14.6. The summed E-state index contributed by atoms with van der Waals surface area (Å²) < 4.78 is 10.8. The summed E-state index contributed by atoms with van der Waals surface area (Å²) in [5, 5.41) is 2.71. The Kier molecular flexibility index (Phi) is 7.59. The first-order valence-electron chi connectivity index (χ1n) is 8.22. The summed E-state index contributed by atoms with van der Waals surface area (Å²) in [5.41, 5.74) is 2.43. The second-order valence-corrected chi connectivity index (χ2v) is 5.31. The second kappa shape index (κ2) is 10.2. The van der Waals surface area contributed by atoms with Gasteiger partial charge in [-0.05, 0) is 38.1 Å². The van der Waals surface area contributed by atoms with Gasteiger partial charge in [0, 0.05) is 18.4 Å².